The van der Waals surface area contributed by atoms with E-state index in [1.165, 1.54) is 44.4 Å². The summed E-state index contributed by atoms with van der Waals surface area (Å²) in [5.74, 6) is -19.0. The number of thioether (sulfide) groups is 1. The Labute approximate surface area is 693 Å². The number of aliphatic hydroxyl groups is 1. The number of aliphatic carboxylic acids is 2. The van der Waals surface area contributed by atoms with Gasteiger partial charge in [-0.25, -0.2) is 4.79 Å². The van der Waals surface area contributed by atoms with Crippen molar-refractivity contribution < 1.29 is 102 Å². The van der Waals surface area contributed by atoms with Crippen molar-refractivity contribution in [3.63, 3.8) is 0 Å². The quantitative estimate of drug-likeness (QED) is 0.0286. The first kappa shape index (κ1) is 102. The number of nitrogens with one attached hydrogen (secondary N) is 12. The molecule has 2 heterocycles. The molecular formula is C78H128N18O21S. The van der Waals surface area contributed by atoms with Gasteiger partial charge in [-0.15, -0.1) is 0 Å². The fourth-order valence-electron chi connectivity index (χ4n) is 13.4. The van der Waals surface area contributed by atoms with Crippen LogP contribution in [0.5, 0.6) is 0 Å². The Hall–Kier alpha value is -10.1. The zero-order valence-corrected chi connectivity index (χ0v) is 70.8. The third kappa shape index (κ3) is 34.5. The number of unbranched alkanes of at least 4 members (excludes halogenated alkanes) is 1. The Morgan fingerprint density at radius 1 is 0.449 bits per heavy atom. The van der Waals surface area contributed by atoms with Crippen LogP contribution in [0.4, 0.5) is 0 Å². The molecule has 40 heteroatoms. The molecule has 1 aromatic rings. The van der Waals surface area contributed by atoms with Crippen molar-refractivity contribution in [1.29, 1.82) is 0 Å². The van der Waals surface area contributed by atoms with E-state index in [9.17, 15) is 102 Å². The summed E-state index contributed by atoms with van der Waals surface area (Å²) in [4.78, 5) is 249. The lowest BCUT2D eigenvalue weighted by Crippen LogP contribution is -2.62. The number of nitrogens with two attached hydrogens (primary N) is 4. The van der Waals surface area contributed by atoms with Crippen LogP contribution >= 0.6 is 11.8 Å². The minimum absolute atomic E-state index is 0.00218. The van der Waals surface area contributed by atoms with Crippen molar-refractivity contribution in [2.24, 2.45) is 52.5 Å². The number of hydrogen-bond donors (Lipinski definition) is 19. The molecule has 3 rings (SSSR count). The summed E-state index contributed by atoms with van der Waals surface area (Å²) in [5.41, 5.74) is 23.1. The number of amides is 16. The van der Waals surface area contributed by atoms with Crippen LogP contribution in [0.25, 0.3) is 0 Å². The molecule has 16 atom stereocenters. The van der Waals surface area contributed by atoms with E-state index in [1.54, 1.807) is 92.0 Å². The third-order valence-electron chi connectivity index (χ3n) is 19.8. The lowest BCUT2D eigenvalue weighted by Gasteiger charge is -2.32. The van der Waals surface area contributed by atoms with Crippen molar-refractivity contribution in [2.75, 3.05) is 31.6 Å². The van der Waals surface area contributed by atoms with Gasteiger partial charge < -0.3 is 112 Å². The molecule has 2 aliphatic heterocycles. The van der Waals surface area contributed by atoms with Crippen molar-refractivity contribution in [3.05, 3.63) is 35.9 Å². The molecule has 0 aliphatic carbocycles. The summed E-state index contributed by atoms with van der Waals surface area (Å²) in [5, 5.41) is 61.3. The summed E-state index contributed by atoms with van der Waals surface area (Å²) in [6.07, 6.45) is -0.851. The van der Waals surface area contributed by atoms with Gasteiger partial charge in [0.1, 0.15) is 84.6 Å². The number of hydrogen-bond acceptors (Lipinski definition) is 22. The molecule has 2 fully saturated rings. The maximum absolute atomic E-state index is 14.9. The molecule has 39 nitrogen and oxygen atoms in total. The van der Waals surface area contributed by atoms with Gasteiger partial charge in [0.05, 0.1) is 25.0 Å². The Balaban J connectivity index is 1.90. The average Bonchev–Trinajstić information content (AvgIpc) is 1.63. The van der Waals surface area contributed by atoms with Crippen molar-refractivity contribution in [1.82, 2.24) is 73.6 Å². The Morgan fingerprint density at radius 3 is 1.35 bits per heavy atom. The monoisotopic (exact) mass is 1680 g/mol. The zero-order chi connectivity index (χ0) is 89.1. The van der Waals surface area contributed by atoms with Gasteiger partial charge >= 0.3 is 11.9 Å². The molecule has 23 N–H and O–H groups in total. The summed E-state index contributed by atoms with van der Waals surface area (Å²) in [6.45, 7) is 19.6. The van der Waals surface area contributed by atoms with Crippen molar-refractivity contribution >= 4 is 118 Å². The minimum atomic E-state index is -1.81. The van der Waals surface area contributed by atoms with E-state index >= 15 is 0 Å². The van der Waals surface area contributed by atoms with Crippen LogP contribution in [0.15, 0.2) is 30.3 Å². The normalized spacial score (nSPS) is 17.6. The molecule has 0 aromatic heterocycles. The van der Waals surface area contributed by atoms with Gasteiger partial charge in [0.15, 0.2) is 0 Å². The average molecular weight is 1690 g/mol. The van der Waals surface area contributed by atoms with E-state index in [1.807, 2.05) is 0 Å². The summed E-state index contributed by atoms with van der Waals surface area (Å²) >= 11 is 1.40. The number of primary amides is 2. The van der Waals surface area contributed by atoms with Crippen LogP contribution < -0.4 is 86.7 Å². The first-order valence-electron chi connectivity index (χ1n) is 40.3. The fourth-order valence-corrected chi connectivity index (χ4v) is 13.9. The van der Waals surface area contributed by atoms with Gasteiger partial charge in [0, 0.05) is 25.9 Å². The van der Waals surface area contributed by atoms with Gasteiger partial charge in [0.25, 0.3) is 0 Å². The second-order valence-corrected chi connectivity index (χ2v) is 33.1. The van der Waals surface area contributed by atoms with Crippen LogP contribution in [0.1, 0.15) is 185 Å². The molecular weight excluding hydrogens is 1560 g/mol. The highest BCUT2D eigenvalue weighted by Gasteiger charge is 2.45. The number of likely N-dealkylation sites (tertiary alicyclic amines) is 2. The highest BCUT2D eigenvalue weighted by molar-refractivity contribution is 7.98. The maximum atomic E-state index is 14.9. The predicted molar refractivity (Wildman–Crippen MR) is 434 cm³/mol. The minimum Gasteiger partial charge on any atom is -0.481 e. The summed E-state index contributed by atoms with van der Waals surface area (Å²) < 4.78 is 0. The number of nitrogens with zero attached hydrogens (tertiary/aromatic N) is 2. The number of rotatable bonds is 52. The largest absolute Gasteiger partial charge is 0.481 e. The van der Waals surface area contributed by atoms with E-state index in [4.69, 9.17) is 22.9 Å². The SMILES string of the molecule is CSCC[C@H](N)C(=O)N[C@@H](CC(=O)O)C(=O)N[C@H](C(=O)N[C@@H](CC(N)=O)C(=O)N1CCC[C@H]1C(=O)N[C@H](C(=O)N[C@@H](CC(C)C)C(=O)N[C@@H](CC(C)C)C(=O)N[C@@H](Cc1ccccc1)C(=O)N[C@@H](CC(C)C)C(=O)N[C@@H](CCCCN)C(=O)N[C@H](C(=O)N1CCC[C@H]1C(=O)N[C@@H](C)C(=O)N[C@@H](CCC(N)=O)C(=O)O)C(C)C)[C@@H](C)O)C(C)C. The van der Waals surface area contributed by atoms with Gasteiger partial charge in [0.2, 0.25) is 94.5 Å². The molecule has 0 saturated carbocycles. The Bertz CT molecular complexity index is 3630. The van der Waals surface area contributed by atoms with Gasteiger partial charge in [-0.2, -0.15) is 11.8 Å². The maximum Gasteiger partial charge on any atom is 0.326 e. The second-order valence-electron chi connectivity index (χ2n) is 32.1. The van der Waals surface area contributed by atoms with Crippen LogP contribution in [0, 0.1) is 29.6 Å². The lowest BCUT2D eigenvalue weighted by atomic mass is 9.98. The van der Waals surface area contributed by atoms with Crippen LogP contribution in [-0.2, 0) is 92.7 Å². The molecule has 118 heavy (non-hydrogen) atoms. The predicted octanol–water partition coefficient (Wildman–Crippen LogP) is -3.21. The number of carboxylic acids is 2. The first-order valence-corrected chi connectivity index (χ1v) is 41.6. The van der Waals surface area contributed by atoms with E-state index in [0.29, 0.717) is 30.6 Å². The Kier molecular flexibility index (Phi) is 43.8. The molecule has 0 spiro atoms. The topological polar surface area (TPSA) is 623 Å². The van der Waals surface area contributed by atoms with Crippen molar-refractivity contribution in [3.8, 4) is 0 Å². The molecule has 0 radical (unpaired) electrons. The molecule has 2 saturated heterocycles. The van der Waals surface area contributed by atoms with Gasteiger partial charge in [-0.05, 0) is 145 Å². The number of benzene rings is 1. The number of carbonyl (C=O) groups is 18. The molecule has 1 aromatic carbocycles. The number of carboxylic acid groups (broad SMARTS) is 2. The van der Waals surface area contributed by atoms with Crippen LogP contribution in [-0.4, -0.2) is 260 Å². The van der Waals surface area contributed by atoms with E-state index in [2.05, 4.69) is 63.8 Å². The molecule has 0 unspecified atom stereocenters. The zero-order valence-electron chi connectivity index (χ0n) is 70.0. The molecule has 662 valence electrons. The third-order valence-corrected chi connectivity index (χ3v) is 20.4. The summed E-state index contributed by atoms with van der Waals surface area (Å²) in [6, 6.07) is -12.9. The number of carbonyl (C=O) groups excluding carboxylic acids is 16. The van der Waals surface area contributed by atoms with Crippen LogP contribution in [0.2, 0.25) is 0 Å². The van der Waals surface area contributed by atoms with E-state index < -0.39 is 228 Å². The summed E-state index contributed by atoms with van der Waals surface area (Å²) in [7, 11) is 0. The molecule has 2 aliphatic rings. The van der Waals surface area contributed by atoms with Gasteiger partial charge in [-0.3, -0.25) is 81.5 Å². The van der Waals surface area contributed by atoms with E-state index in [-0.39, 0.29) is 108 Å². The molecule has 0 bridgehead atoms. The van der Waals surface area contributed by atoms with Crippen LogP contribution in [0.3, 0.4) is 0 Å². The highest BCUT2D eigenvalue weighted by atomic mass is 32.2. The molecule has 16 amide bonds. The lowest BCUT2D eigenvalue weighted by molar-refractivity contribution is -0.144. The van der Waals surface area contributed by atoms with Gasteiger partial charge in [-0.1, -0.05) is 99.6 Å². The number of aliphatic hydroxyl groups excluding tert-OH is 1. The first-order chi connectivity index (χ1) is 55.3. The standard InChI is InChI=1S/C78H128N18O21S/c1-39(2)33-50(67(105)84-48(23-17-18-29-79)66(104)93-62(43(9)10)77(115)96-31-20-24-56(96)72(110)83-44(11)64(102)85-49(78(116)117)26-27-58(81)98)88-70(108)53(36-46-21-15-14-16-22-46)89-68(106)51(34-40(3)4)87-69(107)52(35-41(5)6)90-75(113)63(45(12)97)94-73(111)57-25-19-30-95(57)76(114)55(37-59(82)99)91-74(112)61(42(7)8)92-71(109)54(38-60(100)101)86-65(103)47(80)28-32-118-13/h14-16,21-22,39-45,47-57,61-63,97H,17-20,23-38,79-80H2,1-13H3,(H2,81,98)(H2,82,99)(H,83,110)(H,84,105)(H,85,102)(H,86,103)(H,87,107)(H,88,108)(H,89,106)(H,90,113)(H,91,112)(H,92,109)(H,93,104)(H,94,111)(H,100,101)(H,116,117)/t44-,45+,47-,48-,49-,50-,51-,52-,53-,54-,55-,56-,57-,61-,62-,63-/m0/s1. The Morgan fingerprint density at radius 2 is 0.881 bits per heavy atom. The van der Waals surface area contributed by atoms with E-state index in [0.717, 1.165) is 4.90 Å². The fraction of sp³-hybridized carbons (Fsp3) is 0.692. The van der Waals surface area contributed by atoms with Crippen molar-refractivity contribution in [2.45, 2.75) is 283 Å². The second kappa shape index (κ2) is 50.6. The highest BCUT2D eigenvalue weighted by Crippen LogP contribution is 2.24. The smallest absolute Gasteiger partial charge is 0.326 e.